The molecule has 1 aromatic heterocycles. The van der Waals surface area contributed by atoms with Crippen molar-refractivity contribution in [3.8, 4) is 5.75 Å². The van der Waals surface area contributed by atoms with E-state index in [9.17, 15) is 0 Å². The van der Waals surface area contributed by atoms with Gasteiger partial charge in [0.25, 0.3) is 0 Å². The van der Waals surface area contributed by atoms with Crippen molar-refractivity contribution in [2.45, 2.75) is 5.88 Å². The predicted molar refractivity (Wildman–Crippen MR) is 72.6 cm³/mol. The lowest BCUT2D eigenvalue weighted by Crippen LogP contribution is -2.12. The summed E-state index contributed by atoms with van der Waals surface area (Å²) in [6.45, 7) is 0. The van der Waals surface area contributed by atoms with Gasteiger partial charge in [0.15, 0.2) is 5.82 Å². The van der Waals surface area contributed by atoms with E-state index in [0.717, 1.165) is 22.9 Å². The topological polar surface area (TPSA) is 38.2 Å². The Bertz CT molecular complexity index is 451. The Kier molecular flexibility index (Phi) is 3.99. The number of hydrogen-bond donors (Lipinski definition) is 0. The molecule has 0 aliphatic carbocycles. The molecule has 0 bridgehead atoms. The van der Waals surface area contributed by atoms with E-state index < -0.39 is 0 Å². The zero-order valence-corrected chi connectivity index (χ0v) is 11.1. The first-order chi connectivity index (χ1) is 8.74. The maximum absolute atomic E-state index is 5.68. The molecule has 2 rings (SSSR count). The van der Waals surface area contributed by atoms with Crippen molar-refractivity contribution in [3.63, 3.8) is 0 Å². The predicted octanol–water partition coefficient (Wildman–Crippen LogP) is 2.99. The SMILES string of the molecule is COc1ccc(N(C)c2ccc(CCl)nn2)cc1. The number of ether oxygens (including phenoxy) is 1. The molecule has 0 N–H and O–H groups in total. The van der Waals surface area contributed by atoms with Crippen LogP contribution < -0.4 is 9.64 Å². The molecule has 0 amide bonds. The van der Waals surface area contributed by atoms with E-state index in [0.29, 0.717) is 5.88 Å². The van der Waals surface area contributed by atoms with Crippen LogP contribution in [0, 0.1) is 0 Å². The van der Waals surface area contributed by atoms with Gasteiger partial charge >= 0.3 is 0 Å². The average Bonchev–Trinajstić information content (AvgIpc) is 2.47. The molecule has 2 aromatic rings. The number of hydrogen-bond acceptors (Lipinski definition) is 4. The second-order valence-electron chi connectivity index (χ2n) is 3.77. The molecule has 0 saturated carbocycles. The van der Waals surface area contributed by atoms with E-state index in [2.05, 4.69) is 10.2 Å². The van der Waals surface area contributed by atoms with Crippen molar-refractivity contribution in [2.75, 3.05) is 19.1 Å². The summed E-state index contributed by atoms with van der Waals surface area (Å²) < 4.78 is 5.12. The molecule has 0 spiro atoms. The van der Waals surface area contributed by atoms with Crippen LogP contribution in [0.25, 0.3) is 0 Å². The lowest BCUT2D eigenvalue weighted by Gasteiger charge is -2.17. The van der Waals surface area contributed by atoms with Crippen LogP contribution in [0.3, 0.4) is 0 Å². The van der Waals surface area contributed by atoms with Crippen molar-refractivity contribution in [1.82, 2.24) is 10.2 Å². The molecule has 0 aliphatic heterocycles. The molecule has 0 unspecified atom stereocenters. The molecule has 0 radical (unpaired) electrons. The third-order valence-corrected chi connectivity index (χ3v) is 2.92. The van der Waals surface area contributed by atoms with Gasteiger partial charge in [-0.25, -0.2) is 0 Å². The summed E-state index contributed by atoms with van der Waals surface area (Å²) in [4.78, 5) is 1.95. The molecule has 0 saturated heterocycles. The van der Waals surface area contributed by atoms with E-state index in [4.69, 9.17) is 16.3 Å². The van der Waals surface area contributed by atoms with Crippen LogP contribution in [0.5, 0.6) is 5.75 Å². The van der Waals surface area contributed by atoms with Gasteiger partial charge in [0.1, 0.15) is 5.75 Å². The van der Waals surface area contributed by atoms with Gasteiger partial charge in [-0.3, -0.25) is 0 Å². The third kappa shape index (κ3) is 2.71. The Morgan fingerprint density at radius 3 is 2.33 bits per heavy atom. The van der Waals surface area contributed by atoms with Crippen molar-refractivity contribution in [2.24, 2.45) is 0 Å². The molecule has 0 fully saturated rings. The normalized spacial score (nSPS) is 10.2. The Balaban J connectivity index is 2.20. The number of benzene rings is 1. The number of nitrogens with zero attached hydrogens (tertiary/aromatic N) is 3. The molecule has 0 aliphatic rings. The number of halogens is 1. The Morgan fingerprint density at radius 2 is 1.83 bits per heavy atom. The molecule has 1 aromatic carbocycles. The monoisotopic (exact) mass is 263 g/mol. The summed E-state index contributed by atoms with van der Waals surface area (Å²) >= 11 is 5.68. The largest absolute Gasteiger partial charge is 0.497 e. The molecule has 1 heterocycles. The average molecular weight is 264 g/mol. The molecule has 5 heteroatoms. The van der Waals surface area contributed by atoms with Crippen LogP contribution in [0.1, 0.15) is 5.69 Å². The molecular formula is C13H14ClN3O. The molecule has 18 heavy (non-hydrogen) atoms. The van der Waals surface area contributed by atoms with Crippen molar-refractivity contribution in [3.05, 3.63) is 42.1 Å². The smallest absolute Gasteiger partial charge is 0.155 e. The van der Waals surface area contributed by atoms with Gasteiger partial charge in [0, 0.05) is 12.7 Å². The van der Waals surface area contributed by atoms with E-state index >= 15 is 0 Å². The zero-order chi connectivity index (χ0) is 13.0. The van der Waals surface area contributed by atoms with Gasteiger partial charge in [-0.1, -0.05) is 0 Å². The highest BCUT2D eigenvalue weighted by Crippen LogP contribution is 2.23. The molecule has 4 nitrogen and oxygen atoms in total. The van der Waals surface area contributed by atoms with Crippen molar-refractivity contribution >= 4 is 23.1 Å². The number of methoxy groups -OCH3 is 1. The Hall–Kier alpha value is -1.81. The van der Waals surface area contributed by atoms with Gasteiger partial charge in [-0.05, 0) is 36.4 Å². The third-order valence-electron chi connectivity index (χ3n) is 2.65. The van der Waals surface area contributed by atoms with Crippen molar-refractivity contribution in [1.29, 1.82) is 0 Å². The summed E-state index contributed by atoms with van der Waals surface area (Å²) in [6.07, 6.45) is 0. The Labute approximate surface area is 111 Å². The van der Waals surface area contributed by atoms with Crippen LogP contribution in [0.15, 0.2) is 36.4 Å². The van der Waals surface area contributed by atoms with E-state index in [1.54, 1.807) is 7.11 Å². The summed E-state index contributed by atoms with van der Waals surface area (Å²) in [6, 6.07) is 11.5. The van der Waals surface area contributed by atoms with E-state index in [-0.39, 0.29) is 0 Å². The number of aromatic nitrogens is 2. The summed E-state index contributed by atoms with van der Waals surface area (Å²) in [7, 11) is 3.58. The minimum atomic E-state index is 0.375. The van der Waals surface area contributed by atoms with E-state index in [1.807, 2.05) is 48.3 Å². The summed E-state index contributed by atoms with van der Waals surface area (Å²) in [5.41, 5.74) is 1.78. The quantitative estimate of drug-likeness (QED) is 0.795. The van der Waals surface area contributed by atoms with Crippen LogP contribution >= 0.6 is 11.6 Å². The lowest BCUT2D eigenvalue weighted by atomic mass is 10.3. The number of anilines is 2. The maximum Gasteiger partial charge on any atom is 0.155 e. The van der Waals surface area contributed by atoms with Gasteiger partial charge < -0.3 is 9.64 Å². The second kappa shape index (κ2) is 5.69. The summed E-state index contributed by atoms with van der Waals surface area (Å²) in [5, 5.41) is 8.16. The van der Waals surface area contributed by atoms with Crippen LogP contribution in [0.2, 0.25) is 0 Å². The lowest BCUT2D eigenvalue weighted by molar-refractivity contribution is 0.415. The van der Waals surface area contributed by atoms with Gasteiger partial charge in [0.2, 0.25) is 0 Å². The second-order valence-corrected chi connectivity index (χ2v) is 4.04. The fraction of sp³-hybridized carbons (Fsp3) is 0.231. The first kappa shape index (κ1) is 12.6. The van der Waals surface area contributed by atoms with Gasteiger partial charge in [-0.15, -0.1) is 16.7 Å². The van der Waals surface area contributed by atoms with Crippen LogP contribution in [0.4, 0.5) is 11.5 Å². The number of alkyl halides is 1. The summed E-state index contributed by atoms with van der Waals surface area (Å²) in [5.74, 6) is 1.98. The van der Waals surface area contributed by atoms with Gasteiger partial charge in [0.05, 0.1) is 18.7 Å². The molecule has 0 atom stereocenters. The minimum absolute atomic E-state index is 0.375. The first-order valence-electron chi connectivity index (χ1n) is 5.51. The van der Waals surface area contributed by atoms with E-state index in [1.165, 1.54) is 0 Å². The fourth-order valence-corrected chi connectivity index (χ4v) is 1.68. The highest BCUT2D eigenvalue weighted by atomic mass is 35.5. The first-order valence-corrected chi connectivity index (χ1v) is 6.04. The number of rotatable bonds is 4. The molecule has 94 valence electrons. The van der Waals surface area contributed by atoms with Crippen molar-refractivity contribution < 1.29 is 4.74 Å². The van der Waals surface area contributed by atoms with Gasteiger partial charge in [-0.2, -0.15) is 5.10 Å². The maximum atomic E-state index is 5.68. The fourth-order valence-electron chi connectivity index (χ4n) is 1.54. The standard InChI is InChI=1S/C13H14ClN3O/c1-17(11-4-6-12(18-2)7-5-11)13-8-3-10(9-14)15-16-13/h3-8H,9H2,1-2H3. The molecular weight excluding hydrogens is 250 g/mol. The van der Waals surface area contributed by atoms with Crippen LogP contribution in [-0.2, 0) is 5.88 Å². The zero-order valence-electron chi connectivity index (χ0n) is 10.3. The van der Waals surface area contributed by atoms with Crippen LogP contribution in [-0.4, -0.2) is 24.4 Å². The highest BCUT2D eigenvalue weighted by molar-refractivity contribution is 6.16. The highest BCUT2D eigenvalue weighted by Gasteiger charge is 2.06. The minimum Gasteiger partial charge on any atom is -0.497 e. The Morgan fingerprint density at radius 1 is 1.11 bits per heavy atom.